The largest absolute Gasteiger partial charge is 0.358 e. The number of halogens is 2. The fourth-order valence-electron chi connectivity index (χ4n) is 4.95. The van der Waals surface area contributed by atoms with E-state index >= 15 is 0 Å². The van der Waals surface area contributed by atoms with Crippen molar-refractivity contribution in [2.24, 2.45) is 5.92 Å². The van der Waals surface area contributed by atoms with Crippen LogP contribution in [0.1, 0.15) is 56.3 Å². The van der Waals surface area contributed by atoms with Gasteiger partial charge in [-0.1, -0.05) is 0 Å². The molecule has 2 aliphatic rings. The van der Waals surface area contributed by atoms with Gasteiger partial charge < -0.3 is 15.4 Å². The highest BCUT2D eigenvalue weighted by Crippen LogP contribution is 2.38. The van der Waals surface area contributed by atoms with Crippen LogP contribution in [0.4, 0.5) is 26.0 Å². The van der Waals surface area contributed by atoms with Crippen molar-refractivity contribution in [3.63, 3.8) is 0 Å². The maximum atomic E-state index is 14.3. The lowest BCUT2D eigenvalue weighted by Gasteiger charge is -2.25. The SMILES string of the molecule is Cc1ccn(-c2ccc(Nc3cc(NC(=O)C4CC4)nc4c3nc(C(F)F)n4C3CCCCO3)c(S(C)(=O)=O)c2)n1. The van der Waals surface area contributed by atoms with E-state index in [1.165, 1.54) is 16.7 Å². The van der Waals surface area contributed by atoms with Gasteiger partial charge in [-0.25, -0.2) is 31.8 Å². The number of nitrogens with one attached hydrogen (secondary N) is 2. The standard InChI is InChI=1S/C27H29F2N7O4S/c1-15-10-11-35(34-15)17-8-9-18(20(13-17)41(2,38)39)30-19-14-21(32-27(37)16-6-7-16)31-25-23(19)33-26(24(28)29)36(25)22-5-3-4-12-40-22/h8-11,13-14,16,22,24H,3-7,12H2,1-2H3,(H2,30,31,32,37). The van der Waals surface area contributed by atoms with Crippen LogP contribution in [0.3, 0.4) is 0 Å². The number of anilines is 3. The number of ether oxygens (including phenoxy) is 1. The minimum absolute atomic E-state index is 0.0270. The number of rotatable bonds is 8. The number of benzene rings is 1. The Bertz CT molecular complexity index is 1740. The lowest BCUT2D eigenvalue weighted by molar-refractivity contribution is -0.117. The topological polar surface area (TPSA) is 133 Å². The molecule has 1 unspecified atom stereocenters. The first kappa shape index (κ1) is 27.3. The first-order valence-corrected chi connectivity index (χ1v) is 15.2. The van der Waals surface area contributed by atoms with E-state index in [0.717, 1.165) is 37.6 Å². The molecule has 0 spiro atoms. The molecule has 41 heavy (non-hydrogen) atoms. The maximum absolute atomic E-state index is 14.3. The number of pyridine rings is 1. The average Bonchev–Trinajstić information content (AvgIpc) is 3.58. The van der Waals surface area contributed by atoms with Gasteiger partial charge in [0.1, 0.15) is 17.6 Å². The molecule has 2 N–H and O–H groups in total. The maximum Gasteiger partial charge on any atom is 0.295 e. The van der Waals surface area contributed by atoms with Gasteiger partial charge in [-0.3, -0.25) is 9.36 Å². The molecule has 2 fully saturated rings. The summed E-state index contributed by atoms with van der Waals surface area (Å²) in [5.74, 6) is -0.713. The molecule has 0 radical (unpaired) electrons. The normalized spacial score (nSPS) is 17.7. The first-order valence-electron chi connectivity index (χ1n) is 13.4. The molecule has 1 saturated heterocycles. The molecule has 1 atom stereocenters. The molecule has 1 saturated carbocycles. The average molecular weight is 586 g/mol. The molecule has 14 heteroatoms. The predicted octanol–water partition coefficient (Wildman–Crippen LogP) is 5.06. The van der Waals surface area contributed by atoms with E-state index in [4.69, 9.17) is 4.74 Å². The smallest absolute Gasteiger partial charge is 0.295 e. The second kappa shape index (κ2) is 10.5. The zero-order valence-electron chi connectivity index (χ0n) is 22.5. The fourth-order valence-corrected chi connectivity index (χ4v) is 5.80. The van der Waals surface area contributed by atoms with Gasteiger partial charge in [0.05, 0.1) is 27.7 Å². The molecular weight excluding hydrogens is 556 g/mol. The summed E-state index contributed by atoms with van der Waals surface area (Å²) in [6, 6.07) is 8.03. The van der Waals surface area contributed by atoms with E-state index in [-0.39, 0.29) is 45.1 Å². The van der Waals surface area contributed by atoms with Crippen LogP contribution >= 0.6 is 0 Å². The number of sulfone groups is 1. The molecular formula is C27H29F2N7O4S. The van der Waals surface area contributed by atoms with E-state index in [0.29, 0.717) is 18.7 Å². The van der Waals surface area contributed by atoms with Crippen molar-refractivity contribution in [2.75, 3.05) is 23.5 Å². The van der Waals surface area contributed by atoms with Crippen LogP contribution in [0, 0.1) is 12.8 Å². The number of nitrogens with zero attached hydrogens (tertiary/aromatic N) is 5. The Kier molecular flexibility index (Phi) is 6.98. The summed E-state index contributed by atoms with van der Waals surface area (Å²) in [5, 5.41) is 10.2. The Morgan fingerprint density at radius 2 is 1.90 bits per heavy atom. The molecule has 4 aromatic rings. The first-order chi connectivity index (χ1) is 19.6. The van der Waals surface area contributed by atoms with Crippen LogP contribution in [-0.2, 0) is 19.4 Å². The number of hydrogen-bond acceptors (Lipinski definition) is 8. The number of aromatic nitrogens is 5. The zero-order valence-corrected chi connectivity index (χ0v) is 23.3. The Morgan fingerprint density at radius 3 is 2.54 bits per heavy atom. The number of carbonyl (C=O) groups is 1. The molecule has 216 valence electrons. The summed E-state index contributed by atoms with van der Waals surface area (Å²) in [6.45, 7) is 2.24. The molecule has 3 aromatic heterocycles. The highest BCUT2D eigenvalue weighted by molar-refractivity contribution is 7.90. The molecule has 1 aromatic carbocycles. The molecule has 1 aliphatic heterocycles. The van der Waals surface area contributed by atoms with Crippen molar-refractivity contribution in [3.8, 4) is 5.69 Å². The van der Waals surface area contributed by atoms with E-state index in [2.05, 4.69) is 25.7 Å². The van der Waals surface area contributed by atoms with Crippen molar-refractivity contribution in [3.05, 3.63) is 48.0 Å². The van der Waals surface area contributed by atoms with E-state index < -0.39 is 28.3 Å². The third kappa shape index (κ3) is 5.53. The van der Waals surface area contributed by atoms with Crippen LogP contribution in [0.5, 0.6) is 0 Å². The number of hydrogen-bond donors (Lipinski definition) is 2. The summed E-state index contributed by atoms with van der Waals surface area (Å²) in [4.78, 5) is 21.3. The van der Waals surface area contributed by atoms with Crippen molar-refractivity contribution in [1.29, 1.82) is 0 Å². The number of amides is 1. The monoisotopic (exact) mass is 585 g/mol. The fraction of sp³-hybridized carbons (Fsp3) is 0.407. The third-order valence-electron chi connectivity index (χ3n) is 7.13. The van der Waals surface area contributed by atoms with E-state index in [1.807, 2.05) is 6.92 Å². The Labute approximate surface area is 234 Å². The van der Waals surface area contributed by atoms with Gasteiger partial charge in [0.2, 0.25) is 5.91 Å². The number of alkyl halides is 2. The van der Waals surface area contributed by atoms with E-state index in [9.17, 15) is 22.0 Å². The van der Waals surface area contributed by atoms with Crippen LogP contribution < -0.4 is 10.6 Å². The van der Waals surface area contributed by atoms with Crippen molar-refractivity contribution < 1.29 is 26.7 Å². The molecule has 4 heterocycles. The Morgan fingerprint density at radius 1 is 1.10 bits per heavy atom. The van der Waals surface area contributed by atoms with Gasteiger partial charge in [0.25, 0.3) is 6.43 Å². The van der Waals surface area contributed by atoms with Crippen LogP contribution in [0.25, 0.3) is 16.9 Å². The van der Waals surface area contributed by atoms with Crippen LogP contribution in [0.2, 0.25) is 0 Å². The van der Waals surface area contributed by atoms with Crippen molar-refractivity contribution in [1.82, 2.24) is 24.3 Å². The highest BCUT2D eigenvalue weighted by atomic mass is 32.2. The summed E-state index contributed by atoms with van der Waals surface area (Å²) < 4.78 is 63.0. The molecule has 0 bridgehead atoms. The van der Waals surface area contributed by atoms with Gasteiger partial charge in [-0.15, -0.1) is 0 Å². The van der Waals surface area contributed by atoms with E-state index in [1.54, 1.807) is 29.1 Å². The lowest BCUT2D eigenvalue weighted by atomic mass is 10.2. The third-order valence-corrected chi connectivity index (χ3v) is 8.27. The second-order valence-corrected chi connectivity index (χ2v) is 12.4. The molecule has 1 aliphatic carbocycles. The van der Waals surface area contributed by atoms with Gasteiger partial charge in [-0.2, -0.15) is 5.10 Å². The molecule has 11 nitrogen and oxygen atoms in total. The van der Waals surface area contributed by atoms with Gasteiger partial charge >= 0.3 is 0 Å². The minimum Gasteiger partial charge on any atom is -0.358 e. The molecule has 6 rings (SSSR count). The number of imidazole rings is 1. The number of aryl methyl sites for hydroxylation is 1. The van der Waals surface area contributed by atoms with Crippen molar-refractivity contribution >= 4 is 44.1 Å². The summed E-state index contributed by atoms with van der Waals surface area (Å²) in [7, 11) is -3.75. The van der Waals surface area contributed by atoms with Crippen LogP contribution in [0.15, 0.2) is 41.4 Å². The minimum atomic E-state index is -3.75. The summed E-state index contributed by atoms with van der Waals surface area (Å²) in [5.41, 5.74) is 1.91. The highest BCUT2D eigenvalue weighted by Gasteiger charge is 2.32. The van der Waals surface area contributed by atoms with Gasteiger partial charge in [0.15, 0.2) is 21.3 Å². The molecule has 1 amide bonds. The van der Waals surface area contributed by atoms with Crippen LogP contribution in [-0.4, -0.2) is 51.5 Å². The predicted molar refractivity (Wildman–Crippen MR) is 147 cm³/mol. The van der Waals surface area contributed by atoms with Gasteiger partial charge in [0, 0.05) is 31.0 Å². The number of fused-ring (bicyclic) bond motifs is 1. The Hall–Kier alpha value is -3.91. The number of carbonyl (C=O) groups excluding carboxylic acids is 1. The zero-order chi connectivity index (χ0) is 28.9. The summed E-state index contributed by atoms with van der Waals surface area (Å²) >= 11 is 0. The quantitative estimate of drug-likeness (QED) is 0.293. The summed E-state index contributed by atoms with van der Waals surface area (Å²) in [6.07, 6.45) is 2.82. The Balaban J connectivity index is 1.50. The van der Waals surface area contributed by atoms with Gasteiger partial charge in [-0.05, 0) is 63.3 Å². The lowest BCUT2D eigenvalue weighted by Crippen LogP contribution is -2.21. The second-order valence-electron chi connectivity index (χ2n) is 10.4. The van der Waals surface area contributed by atoms with Crippen molar-refractivity contribution in [2.45, 2.75) is 56.6 Å².